The molecule has 0 unspecified atom stereocenters. The van der Waals surface area contributed by atoms with Gasteiger partial charge in [-0.25, -0.2) is 0 Å². The van der Waals surface area contributed by atoms with Gasteiger partial charge in [0.15, 0.2) is 0 Å². The third-order valence-corrected chi connectivity index (χ3v) is 3.28. The molecule has 2 aromatic rings. The second kappa shape index (κ2) is 4.61. The maximum absolute atomic E-state index is 5.88. The zero-order valence-corrected chi connectivity index (χ0v) is 10.9. The molecule has 18 heavy (non-hydrogen) atoms. The summed E-state index contributed by atoms with van der Waals surface area (Å²) < 4.78 is 7.79. The fourth-order valence-electron chi connectivity index (χ4n) is 2.08. The van der Waals surface area contributed by atoms with Crippen LogP contribution in [-0.2, 0) is 13.1 Å². The summed E-state index contributed by atoms with van der Waals surface area (Å²) in [5.74, 6) is 2.03. The Morgan fingerprint density at radius 1 is 1.44 bits per heavy atom. The van der Waals surface area contributed by atoms with Crippen LogP contribution < -0.4 is 5.32 Å². The molecule has 4 nitrogen and oxygen atoms in total. The van der Waals surface area contributed by atoms with E-state index in [1.54, 1.807) is 0 Å². The highest BCUT2D eigenvalue weighted by atomic mass is 16.3. The number of nitrogens with one attached hydrogen (secondary N) is 1. The number of hydrogen-bond donors (Lipinski definition) is 1. The van der Waals surface area contributed by atoms with Crippen LogP contribution in [0.3, 0.4) is 0 Å². The minimum atomic E-state index is 0.706. The molecular weight excluding hydrogens is 226 g/mol. The Hall–Kier alpha value is -1.55. The molecule has 0 saturated heterocycles. The number of aryl methyl sites for hydroxylation is 2. The lowest BCUT2D eigenvalue weighted by Crippen LogP contribution is -2.15. The molecule has 2 aromatic heterocycles. The second-order valence-corrected chi connectivity index (χ2v) is 5.19. The van der Waals surface area contributed by atoms with Gasteiger partial charge in [-0.05, 0) is 43.9 Å². The molecule has 2 heterocycles. The molecule has 0 bridgehead atoms. The number of furan rings is 1. The summed E-state index contributed by atoms with van der Waals surface area (Å²) in [6.07, 6.45) is 6.50. The molecule has 1 aliphatic carbocycles. The summed E-state index contributed by atoms with van der Waals surface area (Å²) in [7, 11) is 0. The normalized spacial score (nSPS) is 15.2. The smallest absolute Gasteiger partial charge is 0.126 e. The Balaban J connectivity index is 1.66. The van der Waals surface area contributed by atoms with Crippen LogP contribution in [0.15, 0.2) is 22.9 Å². The molecule has 1 N–H and O–H groups in total. The van der Waals surface area contributed by atoms with Gasteiger partial charge >= 0.3 is 0 Å². The number of hydrogen-bond acceptors (Lipinski definition) is 3. The highest BCUT2D eigenvalue weighted by Crippen LogP contribution is 2.21. The van der Waals surface area contributed by atoms with E-state index in [2.05, 4.69) is 23.4 Å². The second-order valence-electron chi connectivity index (χ2n) is 5.19. The molecule has 0 aromatic carbocycles. The molecule has 1 fully saturated rings. The molecule has 3 rings (SSSR count). The molecule has 4 heteroatoms. The van der Waals surface area contributed by atoms with E-state index in [0.29, 0.717) is 12.6 Å². The molecule has 1 saturated carbocycles. The van der Waals surface area contributed by atoms with Crippen LogP contribution in [0.2, 0.25) is 0 Å². The summed E-state index contributed by atoms with van der Waals surface area (Å²) in [6, 6.07) is 2.83. The zero-order valence-electron chi connectivity index (χ0n) is 10.9. The predicted octanol–water partition coefficient (Wildman–Crippen LogP) is 2.39. The van der Waals surface area contributed by atoms with E-state index in [0.717, 1.165) is 18.1 Å². The Kier molecular flexibility index (Phi) is 2.96. The first-order valence-electron chi connectivity index (χ1n) is 6.51. The summed E-state index contributed by atoms with van der Waals surface area (Å²) in [6.45, 7) is 5.69. The Bertz CT molecular complexity index is 537. The van der Waals surface area contributed by atoms with E-state index in [1.807, 2.05) is 24.0 Å². The molecule has 0 atom stereocenters. The molecular formula is C14H19N3O. The van der Waals surface area contributed by atoms with Gasteiger partial charge in [-0.15, -0.1) is 0 Å². The van der Waals surface area contributed by atoms with Crippen molar-refractivity contribution < 1.29 is 4.42 Å². The number of nitrogens with zero attached hydrogens (tertiary/aromatic N) is 2. The average Bonchev–Trinajstić information content (AvgIpc) is 2.98. The lowest BCUT2D eigenvalue weighted by Gasteiger charge is -2.00. The first-order chi connectivity index (χ1) is 8.70. The van der Waals surface area contributed by atoms with Crippen LogP contribution in [0.5, 0.6) is 0 Å². The first kappa shape index (κ1) is 11.5. The minimum absolute atomic E-state index is 0.706. The van der Waals surface area contributed by atoms with Gasteiger partial charge in [0, 0.05) is 12.2 Å². The first-order valence-corrected chi connectivity index (χ1v) is 6.51. The van der Waals surface area contributed by atoms with Crippen molar-refractivity contribution in [2.75, 3.05) is 0 Å². The summed E-state index contributed by atoms with van der Waals surface area (Å²) >= 11 is 0. The maximum atomic E-state index is 5.88. The van der Waals surface area contributed by atoms with Gasteiger partial charge < -0.3 is 9.73 Å². The maximum Gasteiger partial charge on any atom is 0.126 e. The van der Waals surface area contributed by atoms with Crippen LogP contribution in [0, 0.1) is 13.8 Å². The van der Waals surface area contributed by atoms with Crippen LogP contribution in [0.1, 0.15) is 35.5 Å². The predicted molar refractivity (Wildman–Crippen MR) is 69.4 cm³/mol. The summed E-state index contributed by atoms with van der Waals surface area (Å²) in [4.78, 5) is 0. The van der Waals surface area contributed by atoms with Crippen molar-refractivity contribution in [1.29, 1.82) is 0 Å². The molecule has 0 aliphatic heterocycles. The average molecular weight is 245 g/mol. The van der Waals surface area contributed by atoms with E-state index >= 15 is 0 Å². The SMILES string of the molecule is Cc1cnn(Cc2cc(C)c(CNC3CC3)o2)c1. The van der Waals surface area contributed by atoms with Crippen molar-refractivity contribution in [3.8, 4) is 0 Å². The topological polar surface area (TPSA) is 43.0 Å². The molecule has 0 amide bonds. The lowest BCUT2D eigenvalue weighted by molar-refractivity contribution is 0.428. The fourth-order valence-corrected chi connectivity index (χ4v) is 2.08. The Labute approximate surface area is 107 Å². The molecule has 1 aliphatic rings. The van der Waals surface area contributed by atoms with Crippen molar-refractivity contribution >= 4 is 0 Å². The van der Waals surface area contributed by atoms with E-state index in [1.165, 1.54) is 24.0 Å². The van der Waals surface area contributed by atoms with Gasteiger partial charge in [-0.1, -0.05) is 0 Å². The van der Waals surface area contributed by atoms with Crippen molar-refractivity contribution in [3.63, 3.8) is 0 Å². The summed E-state index contributed by atoms with van der Waals surface area (Å²) in [5, 5.41) is 7.75. The van der Waals surface area contributed by atoms with Crippen molar-refractivity contribution in [2.24, 2.45) is 0 Å². The third-order valence-electron chi connectivity index (χ3n) is 3.28. The quantitative estimate of drug-likeness (QED) is 0.879. The van der Waals surface area contributed by atoms with Crippen molar-refractivity contribution in [1.82, 2.24) is 15.1 Å². The van der Waals surface area contributed by atoms with Gasteiger partial charge in [0.25, 0.3) is 0 Å². The van der Waals surface area contributed by atoms with Crippen LogP contribution in [-0.4, -0.2) is 15.8 Å². The van der Waals surface area contributed by atoms with Crippen LogP contribution >= 0.6 is 0 Å². The van der Waals surface area contributed by atoms with Gasteiger partial charge in [0.05, 0.1) is 19.3 Å². The minimum Gasteiger partial charge on any atom is -0.462 e. The van der Waals surface area contributed by atoms with E-state index in [4.69, 9.17) is 4.42 Å². The number of aromatic nitrogens is 2. The van der Waals surface area contributed by atoms with Gasteiger partial charge in [0.2, 0.25) is 0 Å². The van der Waals surface area contributed by atoms with Crippen molar-refractivity contribution in [3.05, 3.63) is 41.1 Å². The van der Waals surface area contributed by atoms with E-state index in [-0.39, 0.29) is 0 Å². The fraction of sp³-hybridized carbons (Fsp3) is 0.500. The third kappa shape index (κ3) is 2.64. The largest absolute Gasteiger partial charge is 0.462 e. The molecule has 96 valence electrons. The monoisotopic (exact) mass is 245 g/mol. The highest BCUT2D eigenvalue weighted by Gasteiger charge is 2.21. The summed E-state index contributed by atoms with van der Waals surface area (Å²) in [5.41, 5.74) is 2.40. The van der Waals surface area contributed by atoms with Gasteiger partial charge in [0.1, 0.15) is 11.5 Å². The lowest BCUT2D eigenvalue weighted by atomic mass is 10.2. The van der Waals surface area contributed by atoms with Gasteiger partial charge in [-0.2, -0.15) is 5.10 Å². The van der Waals surface area contributed by atoms with Gasteiger partial charge in [-0.3, -0.25) is 4.68 Å². The molecule has 0 radical (unpaired) electrons. The standard InChI is InChI=1S/C14H19N3O/c1-10-6-16-17(8-10)9-13-5-11(2)14(18-13)7-15-12-3-4-12/h5-6,8,12,15H,3-4,7,9H2,1-2H3. The van der Waals surface area contributed by atoms with E-state index in [9.17, 15) is 0 Å². The Morgan fingerprint density at radius 2 is 2.28 bits per heavy atom. The van der Waals surface area contributed by atoms with E-state index < -0.39 is 0 Å². The highest BCUT2D eigenvalue weighted by molar-refractivity contribution is 5.20. The zero-order chi connectivity index (χ0) is 12.5. The molecule has 0 spiro atoms. The van der Waals surface area contributed by atoms with Crippen molar-refractivity contribution in [2.45, 2.75) is 45.8 Å². The Morgan fingerprint density at radius 3 is 2.94 bits per heavy atom. The number of rotatable bonds is 5. The van der Waals surface area contributed by atoms with Crippen LogP contribution in [0.4, 0.5) is 0 Å². The van der Waals surface area contributed by atoms with Crippen LogP contribution in [0.25, 0.3) is 0 Å².